The van der Waals surface area contributed by atoms with Gasteiger partial charge < -0.3 is 10.4 Å². The maximum absolute atomic E-state index is 13.7. The lowest BCUT2D eigenvalue weighted by atomic mass is 10.1. The number of aromatic carboxylic acids is 1. The zero-order chi connectivity index (χ0) is 15.6. The molecule has 2 N–H and O–H groups in total. The van der Waals surface area contributed by atoms with Gasteiger partial charge in [0.15, 0.2) is 0 Å². The molecular weight excluding hydrogens is 303 g/mol. The number of rotatable bonds is 4. The Morgan fingerprint density at radius 3 is 2.57 bits per heavy atom. The second-order valence-corrected chi connectivity index (χ2v) is 4.45. The summed E-state index contributed by atoms with van der Waals surface area (Å²) in [7, 11) is 0. The molecule has 0 heterocycles. The van der Waals surface area contributed by atoms with Crippen LogP contribution < -0.4 is 5.32 Å². The minimum Gasteiger partial charge on any atom is -0.477 e. The first kappa shape index (κ1) is 14.7. The Morgan fingerprint density at radius 2 is 2.00 bits per heavy atom. The first-order chi connectivity index (χ1) is 9.90. The monoisotopic (exact) mass is 310 g/mol. The number of nitrogens with zero attached hydrogens (tertiary/aromatic N) is 1. The summed E-state index contributed by atoms with van der Waals surface area (Å²) in [6, 6.07) is 7.46. The number of benzene rings is 2. The molecule has 0 aliphatic carbocycles. The van der Waals surface area contributed by atoms with Crippen molar-refractivity contribution in [3.8, 4) is 0 Å². The van der Waals surface area contributed by atoms with Crippen molar-refractivity contribution in [1.29, 1.82) is 0 Å². The zero-order valence-corrected chi connectivity index (χ0v) is 11.1. The van der Waals surface area contributed by atoms with Crippen molar-refractivity contribution < 1.29 is 19.2 Å². The number of anilines is 2. The van der Waals surface area contributed by atoms with Crippen LogP contribution in [0.25, 0.3) is 0 Å². The fourth-order valence-electron chi connectivity index (χ4n) is 1.75. The third-order valence-corrected chi connectivity index (χ3v) is 2.88. The summed E-state index contributed by atoms with van der Waals surface area (Å²) in [5, 5.41) is 22.7. The maximum Gasteiger partial charge on any atom is 0.342 e. The Labute approximate surface area is 122 Å². The molecule has 0 aliphatic rings. The van der Waals surface area contributed by atoms with Crippen molar-refractivity contribution in [1.82, 2.24) is 0 Å². The van der Waals surface area contributed by atoms with Gasteiger partial charge in [-0.2, -0.15) is 0 Å². The Hall–Kier alpha value is -2.67. The topological polar surface area (TPSA) is 92.5 Å². The van der Waals surface area contributed by atoms with Crippen LogP contribution in [0.15, 0.2) is 36.4 Å². The number of nitrogens with one attached hydrogen (secondary N) is 1. The van der Waals surface area contributed by atoms with Crippen LogP contribution in [0, 0.1) is 15.9 Å². The van der Waals surface area contributed by atoms with E-state index < -0.39 is 28.0 Å². The zero-order valence-electron chi connectivity index (χ0n) is 10.3. The number of halogens is 2. The highest BCUT2D eigenvalue weighted by molar-refractivity contribution is 6.30. The van der Waals surface area contributed by atoms with Crippen LogP contribution in [0.1, 0.15) is 10.4 Å². The lowest BCUT2D eigenvalue weighted by molar-refractivity contribution is -0.384. The van der Waals surface area contributed by atoms with Gasteiger partial charge in [-0.1, -0.05) is 17.7 Å². The van der Waals surface area contributed by atoms with Crippen molar-refractivity contribution in [3.63, 3.8) is 0 Å². The minimum atomic E-state index is -1.44. The summed E-state index contributed by atoms with van der Waals surface area (Å²) >= 11 is 5.61. The third-order valence-electron chi connectivity index (χ3n) is 2.65. The summed E-state index contributed by atoms with van der Waals surface area (Å²) in [5.74, 6) is -2.15. The lowest BCUT2D eigenvalue weighted by Crippen LogP contribution is -2.06. The number of hydrogen-bond donors (Lipinski definition) is 2. The van der Waals surface area contributed by atoms with E-state index in [0.717, 1.165) is 12.1 Å². The number of nitro benzene ring substituents is 1. The molecule has 0 bridgehead atoms. The third kappa shape index (κ3) is 3.09. The molecule has 21 heavy (non-hydrogen) atoms. The Kier molecular flexibility index (Phi) is 4.04. The molecule has 2 rings (SSSR count). The van der Waals surface area contributed by atoms with Crippen LogP contribution in [0.2, 0.25) is 5.02 Å². The Morgan fingerprint density at radius 1 is 1.29 bits per heavy atom. The molecule has 0 aromatic heterocycles. The summed E-state index contributed by atoms with van der Waals surface area (Å²) in [6.45, 7) is 0. The molecule has 0 spiro atoms. The van der Waals surface area contributed by atoms with Gasteiger partial charge in [0.2, 0.25) is 0 Å². The van der Waals surface area contributed by atoms with Gasteiger partial charge in [0.25, 0.3) is 0 Å². The van der Waals surface area contributed by atoms with E-state index in [1.807, 2.05) is 0 Å². The molecule has 0 fully saturated rings. The van der Waals surface area contributed by atoms with Crippen molar-refractivity contribution in [2.24, 2.45) is 0 Å². The highest BCUT2D eigenvalue weighted by atomic mass is 35.5. The van der Waals surface area contributed by atoms with Gasteiger partial charge in [-0.25, -0.2) is 9.18 Å². The van der Waals surface area contributed by atoms with E-state index in [0.29, 0.717) is 0 Å². The molecule has 2 aromatic rings. The summed E-state index contributed by atoms with van der Waals surface area (Å²) in [5.41, 5.74) is -1.30. The second-order valence-electron chi connectivity index (χ2n) is 4.01. The number of para-hydroxylation sites is 1. The molecular formula is C13H8ClFN2O4. The molecule has 0 unspecified atom stereocenters. The van der Waals surface area contributed by atoms with Crippen LogP contribution in [0.3, 0.4) is 0 Å². The van der Waals surface area contributed by atoms with E-state index in [-0.39, 0.29) is 16.4 Å². The number of carbonyl (C=O) groups is 1. The van der Waals surface area contributed by atoms with Crippen molar-refractivity contribution in [2.45, 2.75) is 0 Å². The van der Waals surface area contributed by atoms with Crippen LogP contribution in [-0.2, 0) is 0 Å². The summed E-state index contributed by atoms with van der Waals surface area (Å²) in [6.07, 6.45) is 0. The van der Waals surface area contributed by atoms with Crippen LogP contribution >= 0.6 is 11.6 Å². The van der Waals surface area contributed by atoms with Gasteiger partial charge in [-0.15, -0.1) is 0 Å². The standard InChI is InChI=1S/C13H8ClFN2O4/c14-7-4-5-10(9(15)6-7)16-11-3-1-2-8(13(18)19)12(11)17(20)21/h1-6,16H,(H,18,19). The van der Waals surface area contributed by atoms with E-state index in [9.17, 15) is 19.3 Å². The SMILES string of the molecule is O=C(O)c1cccc(Nc2ccc(Cl)cc2F)c1[N+](=O)[O-]. The van der Waals surface area contributed by atoms with Crippen molar-refractivity contribution >= 4 is 34.6 Å². The van der Waals surface area contributed by atoms with Gasteiger partial charge in [0.05, 0.1) is 10.6 Å². The van der Waals surface area contributed by atoms with E-state index in [1.54, 1.807) is 0 Å². The maximum atomic E-state index is 13.7. The fourth-order valence-corrected chi connectivity index (χ4v) is 1.91. The molecule has 2 aromatic carbocycles. The van der Waals surface area contributed by atoms with E-state index in [4.69, 9.17) is 16.7 Å². The van der Waals surface area contributed by atoms with E-state index >= 15 is 0 Å². The van der Waals surface area contributed by atoms with Crippen LogP contribution in [0.4, 0.5) is 21.5 Å². The van der Waals surface area contributed by atoms with Crippen LogP contribution in [0.5, 0.6) is 0 Å². The highest BCUT2D eigenvalue weighted by Gasteiger charge is 2.24. The summed E-state index contributed by atoms with van der Waals surface area (Å²) in [4.78, 5) is 21.2. The number of nitro groups is 1. The smallest absolute Gasteiger partial charge is 0.342 e. The average molecular weight is 311 g/mol. The molecule has 0 saturated carbocycles. The minimum absolute atomic E-state index is 0.0509. The molecule has 8 heteroatoms. The molecule has 108 valence electrons. The first-order valence-electron chi connectivity index (χ1n) is 5.63. The number of hydrogen-bond acceptors (Lipinski definition) is 4. The highest BCUT2D eigenvalue weighted by Crippen LogP contribution is 2.32. The largest absolute Gasteiger partial charge is 0.477 e. The predicted octanol–water partition coefficient (Wildman–Crippen LogP) is 3.83. The van der Waals surface area contributed by atoms with Crippen LogP contribution in [-0.4, -0.2) is 16.0 Å². The normalized spacial score (nSPS) is 10.2. The van der Waals surface area contributed by atoms with Gasteiger partial charge in [0.1, 0.15) is 17.1 Å². The van der Waals surface area contributed by atoms with Gasteiger partial charge in [0, 0.05) is 5.02 Å². The van der Waals surface area contributed by atoms with Gasteiger partial charge >= 0.3 is 11.7 Å². The van der Waals surface area contributed by atoms with Crippen molar-refractivity contribution in [3.05, 3.63) is 62.9 Å². The first-order valence-corrected chi connectivity index (χ1v) is 6.00. The fraction of sp³-hybridized carbons (Fsp3) is 0. The molecule has 0 radical (unpaired) electrons. The molecule has 0 amide bonds. The lowest BCUT2D eigenvalue weighted by Gasteiger charge is -2.09. The quantitative estimate of drug-likeness (QED) is 0.661. The summed E-state index contributed by atoms with van der Waals surface area (Å²) < 4.78 is 13.7. The molecule has 0 aliphatic heterocycles. The molecule has 6 nitrogen and oxygen atoms in total. The average Bonchev–Trinajstić information content (AvgIpc) is 2.41. The predicted molar refractivity (Wildman–Crippen MR) is 74.7 cm³/mol. The number of carboxylic acids is 1. The van der Waals surface area contributed by atoms with E-state index in [1.165, 1.54) is 24.3 Å². The second kappa shape index (κ2) is 5.76. The Balaban J connectivity index is 2.51. The Bertz CT molecular complexity index is 736. The number of carboxylic acid groups (broad SMARTS) is 1. The molecule has 0 saturated heterocycles. The van der Waals surface area contributed by atoms with Gasteiger partial charge in [-0.05, 0) is 30.3 Å². The van der Waals surface area contributed by atoms with E-state index in [2.05, 4.69) is 5.32 Å². The van der Waals surface area contributed by atoms with Crippen molar-refractivity contribution in [2.75, 3.05) is 5.32 Å². The molecule has 0 atom stereocenters. The van der Waals surface area contributed by atoms with Gasteiger partial charge in [-0.3, -0.25) is 10.1 Å².